The Balaban J connectivity index is 2.64. The van der Waals surface area contributed by atoms with Crippen LogP contribution in [0.2, 0.25) is 0 Å². The van der Waals surface area contributed by atoms with Gasteiger partial charge in [0.2, 0.25) is 0 Å². The molecule has 0 saturated heterocycles. The Morgan fingerprint density at radius 1 is 1.39 bits per heavy atom. The van der Waals surface area contributed by atoms with E-state index in [9.17, 15) is 9.59 Å². The van der Waals surface area contributed by atoms with Crippen LogP contribution in [0.5, 0.6) is 0 Å². The number of rotatable bonds is 2. The first kappa shape index (κ1) is 12.4. The largest absolute Gasteiger partial charge is 0.478 e. The Hall–Kier alpha value is -2.04. The normalized spacial score (nSPS) is 11.9. The summed E-state index contributed by atoms with van der Waals surface area (Å²) in [7, 11) is 0. The van der Waals surface area contributed by atoms with Crippen LogP contribution in [0.4, 0.5) is 0 Å². The lowest BCUT2D eigenvalue weighted by Gasteiger charge is -2.18. The number of imidazole rings is 1. The van der Waals surface area contributed by atoms with Crippen LogP contribution in [0, 0.1) is 5.41 Å². The molecular weight excluding hydrogens is 232 g/mol. The highest BCUT2D eigenvalue weighted by Crippen LogP contribution is 2.19. The molecule has 5 heteroatoms. The Kier molecular flexibility index (Phi) is 2.77. The second-order valence-corrected chi connectivity index (χ2v) is 5.61. The summed E-state index contributed by atoms with van der Waals surface area (Å²) in [6.45, 7) is 6.62. The van der Waals surface area contributed by atoms with Crippen molar-refractivity contribution in [1.82, 2.24) is 9.55 Å². The van der Waals surface area contributed by atoms with Crippen LogP contribution in [0.25, 0.3) is 11.0 Å². The molecule has 96 valence electrons. The number of carboxylic acid groups (broad SMARTS) is 1. The number of carbonyl (C=O) groups is 1. The van der Waals surface area contributed by atoms with Crippen LogP contribution in [-0.2, 0) is 6.54 Å². The minimum atomic E-state index is -0.993. The summed E-state index contributed by atoms with van der Waals surface area (Å²) in [5.41, 5.74) is 1.22. The zero-order chi connectivity index (χ0) is 13.5. The summed E-state index contributed by atoms with van der Waals surface area (Å²) < 4.78 is 1.59. The maximum absolute atomic E-state index is 11.9. The van der Waals surface area contributed by atoms with Gasteiger partial charge in [0.25, 0.3) is 0 Å². The molecule has 1 aromatic heterocycles. The molecule has 0 spiro atoms. The van der Waals surface area contributed by atoms with E-state index in [0.29, 0.717) is 17.6 Å². The van der Waals surface area contributed by atoms with E-state index in [4.69, 9.17) is 5.11 Å². The molecule has 0 atom stereocenters. The fourth-order valence-corrected chi connectivity index (χ4v) is 1.92. The van der Waals surface area contributed by atoms with Gasteiger partial charge in [0.1, 0.15) is 0 Å². The van der Waals surface area contributed by atoms with Gasteiger partial charge in [-0.3, -0.25) is 4.57 Å². The van der Waals surface area contributed by atoms with Gasteiger partial charge >= 0.3 is 11.7 Å². The number of nitrogens with zero attached hydrogens (tertiary/aromatic N) is 1. The SMILES string of the molecule is CC(C)(C)Cn1c(=O)[nH]c2ccc(C(=O)O)cc21. The van der Waals surface area contributed by atoms with Gasteiger partial charge in [-0.05, 0) is 23.6 Å². The highest BCUT2D eigenvalue weighted by atomic mass is 16.4. The lowest BCUT2D eigenvalue weighted by molar-refractivity contribution is 0.0697. The molecule has 0 saturated carbocycles. The molecule has 2 N–H and O–H groups in total. The molecule has 1 aromatic carbocycles. The van der Waals surface area contributed by atoms with E-state index in [1.807, 2.05) is 20.8 Å². The van der Waals surface area contributed by atoms with Crippen LogP contribution in [0.15, 0.2) is 23.0 Å². The second kappa shape index (κ2) is 4.01. The van der Waals surface area contributed by atoms with E-state index in [0.717, 1.165) is 0 Å². The standard InChI is InChI=1S/C13H16N2O3/c1-13(2,3)7-15-10-6-8(11(16)17)4-5-9(10)14-12(15)18/h4-6H,7H2,1-3H3,(H,14,18)(H,16,17). The summed E-state index contributed by atoms with van der Waals surface area (Å²) in [6.07, 6.45) is 0. The first-order valence-electron chi connectivity index (χ1n) is 5.74. The second-order valence-electron chi connectivity index (χ2n) is 5.61. The number of benzene rings is 1. The number of nitrogens with one attached hydrogen (secondary N) is 1. The van der Waals surface area contributed by atoms with Gasteiger partial charge < -0.3 is 10.1 Å². The molecule has 0 bridgehead atoms. The van der Waals surface area contributed by atoms with Crippen LogP contribution < -0.4 is 5.69 Å². The molecular formula is C13H16N2O3. The van der Waals surface area contributed by atoms with Crippen molar-refractivity contribution in [1.29, 1.82) is 0 Å². The molecule has 0 aliphatic rings. The molecule has 2 aromatic rings. The molecule has 0 aliphatic carbocycles. The average molecular weight is 248 g/mol. The van der Waals surface area contributed by atoms with E-state index in [1.54, 1.807) is 10.6 Å². The van der Waals surface area contributed by atoms with Gasteiger partial charge in [-0.25, -0.2) is 9.59 Å². The molecule has 0 fully saturated rings. The molecule has 0 aliphatic heterocycles. The van der Waals surface area contributed by atoms with Crippen molar-refractivity contribution in [3.05, 3.63) is 34.2 Å². The van der Waals surface area contributed by atoms with Crippen LogP contribution in [0.1, 0.15) is 31.1 Å². The summed E-state index contributed by atoms with van der Waals surface area (Å²) in [4.78, 5) is 25.5. The average Bonchev–Trinajstić information content (AvgIpc) is 2.53. The van der Waals surface area contributed by atoms with Crippen molar-refractivity contribution in [2.24, 2.45) is 5.41 Å². The first-order valence-corrected chi connectivity index (χ1v) is 5.74. The summed E-state index contributed by atoms with van der Waals surface area (Å²) in [5, 5.41) is 8.98. The van der Waals surface area contributed by atoms with Crippen molar-refractivity contribution in [3.63, 3.8) is 0 Å². The molecule has 18 heavy (non-hydrogen) atoms. The van der Waals surface area contributed by atoms with Gasteiger partial charge in [0, 0.05) is 6.54 Å². The number of aromatic nitrogens is 2. The first-order chi connectivity index (χ1) is 8.28. The predicted octanol–water partition coefficient (Wildman–Crippen LogP) is 2.07. The van der Waals surface area contributed by atoms with Gasteiger partial charge in [-0.15, -0.1) is 0 Å². The lowest BCUT2D eigenvalue weighted by Crippen LogP contribution is -2.24. The topological polar surface area (TPSA) is 75.1 Å². The van der Waals surface area contributed by atoms with Gasteiger partial charge in [0.05, 0.1) is 16.6 Å². The number of H-pyrrole nitrogens is 1. The Bertz CT molecular complexity index is 659. The van der Waals surface area contributed by atoms with Gasteiger partial charge in [-0.2, -0.15) is 0 Å². The molecule has 2 rings (SSSR count). The summed E-state index contributed by atoms with van der Waals surface area (Å²) >= 11 is 0. The molecule has 0 radical (unpaired) electrons. The molecule has 1 heterocycles. The molecule has 5 nitrogen and oxygen atoms in total. The minimum absolute atomic E-state index is 0.0574. The number of hydrogen-bond acceptors (Lipinski definition) is 2. The number of carboxylic acids is 1. The van der Waals surface area contributed by atoms with Crippen molar-refractivity contribution in [3.8, 4) is 0 Å². The van der Waals surface area contributed by atoms with Crippen molar-refractivity contribution in [2.75, 3.05) is 0 Å². The molecule has 0 amide bonds. The van der Waals surface area contributed by atoms with E-state index in [1.165, 1.54) is 12.1 Å². The van der Waals surface area contributed by atoms with Gasteiger partial charge in [-0.1, -0.05) is 20.8 Å². The summed E-state index contributed by atoms with van der Waals surface area (Å²) in [6, 6.07) is 4.64. The number of aromatic carboxylic acids is 1. The quantitative estimate of drug-likeness (QED) is 0.854. The fourth-order valence-electron chi connectivity index (χ4n) is 1.92. The zero-order valence-electron chi connectivity index (χ0n) is 10.7. The lowest BCUT2D eigenvalue weighted by atomic mass is 9.97. The maximum atomic E-state index is 11.9. The van der Waals surface area contributed by atoms with Crippen LogP contribution in [0.3, 0.4) is 0 Å². The molecule has 0 unspecified atom stereocenters. The monoisotopic (exact) mass is 248 g/mol. The third-order valence-electron chi connectivity index (χ3n) is 2.65. The Morgan fingerprint density at radius 2 is 2.06 bits per heavy atom. The fraction of sp³-hybridized carbons (Fsp3) is 0.385. The van der Waals surface area contributed by atoms with Crippen LogP contribution >= 0.6 is 0 Å². The Labute approximate surface area is 104 Å². The van der Waals surface area contributed by atoms with Crippen molar-refractivity contribution >= 4 is 17.0 Å². The number of hydrogen-bond donors (Lipinski definition) is 2. The highest BCUT2D eigenvalue weighted by molar-refractivity contribution is 5.92. The predicted molar refractivity (Wildman–Crippen MR) is 69.0 cm³/mol. The number of aromatic amines is 1. The summed E-state index contributed by atoms with van der Waals surface area (Å²) in [5.74, 6) is -0.993. The van der Waals surface area contributed by atoms with E-state index >= 15 is 0 Å². The zero-order valence-corrected chi connectivity index (χ0v) is 10.7. The van der Waals surface area contributed by atoms with Gasteiger partial charge in [0.15, 0.2) is 0 Å². The minimum Gasteiger partial charge on any atom is -0.478 e. The third-order valence-corrected chi connectivity index (χ3v) is 2.65. The number of fused-ring (bicyclic) bond motifs is 1. The Morgan fingerprint density at radius 3 is 2.61 bits per heavy atom. The van der Waals surface area contributed by atoms with Crippen molar-refractivity contribution in [2.45, 2.75) is 27.3 Å². The smallest absolute Gasteiger partial charge is 0.335 e. The highest BCUT2D eigenvalue weighted by Gasteiger charge is 2.16. The van der Waals surface area contributed by atoms with E-state index in [2.05, 4.69) is 4.98 Å². The maximum Gasteiger partial charge on any atom is 0.335 e. The van der Waals surface area contributed by atoms with E-state index in [-0.39, 0.29) is 16.7 Å². The van der Waals surface area contributed by atoms with Crippen LogP contribution in [-0.4, -0.2) is 20.6 Å². The van der Waals surface area contributed by atoms with E-state index < -0.39 is 5.97 Å². The third kappa shape index (κ3) is 2.30. The van der Waals surface area contributed by atoms with Crippen molar-refractivity contribution < 1.29 is 9.90 Å².